The molecule has 144 valence electrons. The highest BCUT2D eigenvalue weighted by Gasteiger charge is 2.29. The van der Waals surface area contributed by atoms with Crippen LogP contribution in [0.1, 0.15) is 16.1 Å². The number of piperazine rings is 1. The summed E-state index contributed by atoms with van der Waals surface area (Å²) in [6.07, 6.45) is 0. The van der Waals surface area contributed by atoms with Crippen molar-refractivity contribution in [1.82, 2.24) is 9.88 Å². The maximum absolute atomic E-state index is 12.9. The second-order valence-corrected chi connectivity index (χ2v) is 6.98. The van der Waals surface area contributed by atoms with Crippen LogP contribution in [0.25, 0.3) is 10.9 Å². The Labute approximate surface area is 163 Å². The van der Waals surface area contributed by atoms with Crippen LogP contribution in [0.2, 0.25) is 0 Å². The molecular weight excluding hydrogens is 354 g/mol. The number of nitrogens with zero attached hydrogens (tertiary/aromatic N) is 2. The van der Waals surface area contributed by atoms with Gasteiger partial charge in [0.05, 0.1) is 12.7 Å². The molecule has 1 amide bonds. The van der Waals surface area contributed by atoms with Crippen LogP contribution >= 0.6 is 0 Å². The number of carbonyl (C=O) groups excluding carboxylic acids is 2. The second-order valence-electron chi connectivity index (χ2n) is 6.98. The third-order valence-corrected chi connectivity index (χ3v) is 5.30. The highest BCUT2D eigenvalue weighted by molar-refractivity contribution is 6.45. The number of Topliss-reactive ketones (excluding diaryl/α,β-unsaturated/α-hetero) is 1. The van der Waals surface area contributed by atoms with Crippen LogP contribution in [0.3, 0.4) is 0 Å². The van der Waals surface area contributed by atoms with E-state index in [2.05, 4.69) is 9.88 Å². The highest BCUT2D eigenvalue weighted by Crippen LogP contribution is 2.24. The maximum Gasteiger partial charge on any atom is 0.295 e. The van der Waals surface area contributed by atoms with Gasteiger partial charge < -0.3 is 19.5 Å². The number of hydrogen-bond donors (Lipinski definition) is 1. The van der Waals surface area contributed by atoms with E-state index >= 15 is 0 Å². The van der Waals surface area contributed by atoms with Crippen molar-refractivity contribution in [1.29, 1.82) is 0 Å². The van der Waals surface area contributed by atoms with Gasteiger partial charge in [-0.05, 0) is 25.1 Å². The van der Waals surface area contributed by atoms with Crippen LogP contribution in [0, 0.1) is 6.92 Å². The van der Waals surface area contributed by atoms with Gasteiger partial charge in [0.1, 0.15) is 5.75 Å². The molecule has 2 aromatic carbocycles. The zero-order valence-electron chi connectivity index (χ0n) is 16.1. The Kier molecular flexibility index (Phi) is 4.77. The van der Waals surface area contributed by atoms with Gasteiger partial charge in [-0.15, -0.1) is 0 Å². The van der Waals surface area contributed by atoms with E-state index in [-0.39, 0.29) is 0 Å². The molecule has 0 radical (unpaired) electrons. The van der Waals surface area contributed by atoms with E-state index in [1.807, 2.05) is 55.5 Å². The van der Waals surface area contributed by atoms with E-state index < -0.39 is 11.7 Å². The van der Waals surface area contributed by atoms with Gasteiger partial charge in [-0.1, -0.05) is 24.3 Å². The zero-order valence-corrected chi connectivity index (χ0v) is 16.1. The number of nitrogens with one attached hydrogen (secondary N) is 1. The lowest BCUT2D eigenvalue weighted by atomic mass is 10.1. The Morgan fingerprint density at radius 1 is 1.00 bits per heavy atom. The number of hydrogen-bond acceptors (Lipinski definition) is 4. The topological polar surface area (TPSA) is 65.6 Å². The molecule has 0 spiro atoms. The van der Waals surface area contributed by atoms with Crippen molar-refractivity contribution in [3.8, 4) is 5.75 Å². The normalized spacial score (nSPS) is 14.4. The zero-order chi connectivity index (χ0) is 19.7. The maximum atomic E-state index is 12.9. The Morgan fingerprint density at radius 3 is 2.50 bits per heavy atom. The van der Waals surface area contributed by atoms with Crippen molar-refractivity contribution in [3.63, 3.8) is 0 Å². The summed E-state index contributed by atoms with van der Waals surface area (Å²) in [5.74, 6) is -0.0658. The van der Waals surface area contributed by atoms with Crippen molar-refractivity contribution < 1.29 is 14.3 Å². The minimum Gasteiger partial charge on any atom is -0.497 e. The molecule has 2 heterocycles. The van der Waals surface area contributed by atoms with Gasteiger partial charge in [-0.2, -0.15) is 0 Å². The van der Waals surface area contributed by atoms with E-state index in [4.69, 9.17) is 4.74 Å². The van der Waals surface area contributed by atoms with Crippen LogP contribution < -0.4 is 9.64 Å². The number of rotatable bonds is 4. The van der Waals surface area contributed by atoms with Crippen LogP contribution in [-0.4, -0.2) is 54.9 Å². The Bertz CT molecular complexity index is 1030. The summed E-state index contributed by atoms with van der Waals surface area (Å²) in [5, 5.41) is 0.799. The van der Waals surface area contributed by atoms with Crippen molar-refractivity contribution >= 4 is 28.3 Å². The van der Waals surface area contributed by atoms with Gasteiger partial charge in [0.15, 0.2) is 0 Å². The lowest BCUT2D eigenvalue weighted by molar-refractivity contribution is -0.126. The van der Waals surface area contributed by atoms with Gasteiger partial charge in [-0.3, -0.25) is 9.59 Å². The van der Waals surface area contributed by atoms with E-state index in [0.717, 1.165) is 28.0 Å². The molecular formula is C22H23N3O3. The molecule has 4 rings (SSSR count). The fourth-order valence-electron chi connectivity index (χ4n) is 3.79. The Morgan fingerprint density at radius 2 is 1.75 bits per heavy atom. The number of aromatic nitrogens is 1. The van der Waals surface area contributed by atoms with Crippen LogP contribution in [0.15, 0.2) is 48.5 Å². The highest BCUT2D eigenvalue weighted by atomic mass is 16.5. The molecule has 0 aliphatic carbocycles. The quantitative estimate of drug-likeness (QED) is 0.561. The molecule has 0 unspecified atom stereocenters. The number of anilines is 1. The summed E-state index contributed by atoms with van der Waals surface area (Å²) >= 11 is 0. The number of aromatic amines is 1. The molecule has 1 saturated heterocycles. The molecule has 28 heavy (non-hydrogen) atoms. The molecule has 1 aliphatic rings. The number of benzene rings is 2. The number of ketones is 1. The summed E-state index contributed by atoms with van der Waals surface area (Å²) in [6.45, 7) is 4.23. The smallest absolute Gasteiger partial charge is 0.295 e. The molecule has 6 heteroatoms. The first-order valence-corrected chi connectivity index (χ1v) is 9.38. The SMILES string of the molecule is COc1cccc(N2CCN(C(=O)C(=O)c3c(C)[nH]c4ccccc34)CC2)c1. The predicted molar refractivity (Wildman–Crippen MR) is 109 cm³/mol. The van der Waals surface area contributed by atoms with Gasteiger partial charge in [0.2, 0.25) is 0 Å². The molecule has 1 N–H and O–H groups in total. The van der Waals surface area contributed by atoms with Crippen molar-refractivity contribution in [3.05, 3.63) is 59.8 Å². The summed E-state index contributed by atoms with van der Waals surface area (Å²) in [4.78, 5) is 32.8. The lowest BCUT2D eigenvalue weighted by Gasteiger charge is -2.35. The molecule has 1 fully saturated rings. The number of methoxy groups -OCH3 is 1. The third-order valence-electron chi connectivity index (χ3n) is 5.30. The second kappa shape index (κ2) is 7.38. The molecule has 1 aromatic heterocycles. The van der Waals surface area contributed by atoms with Crippen LogP contribution in [0.4, 0.5) is 5.69 Å². The van der Waals surface area contributed by atoms with Crippen molar-refractivity contribution in [2.45, 2.75) is 6.92 Å². The van der Waals surface area contributed by atoms with Crippen LogP contribution in [0.5, 0.6) is 5.75 Å². The number of ether oxygens (including phenoxy) is 1. The number of aryl methyl sites for hydroxylation is 1. The minimum atomic E-state index is -0.440. The van der Waals surface area contributed by atoms with Crippen LogP contribution in [-0.2, 0) is 4.79 Å². The van der Waals surface area contributed by atoms with Gasteiger partial charge in [0.25, 0.3) is 11.7 Å². The number of H-pyrrole nitrogens is 1. The van der Waals surface area contributed by atoms with Gasteiger partial charge >= 0.3 is 0 Å². The number of fused-ring (bicyclic) bond motifs is 1. The standard InChI is InChI=1S/C22H23N3O3/c1-15-20(18-8-3-4-9-19(18)23-15)21(26)22(27)25-12-10-24(11-13-25)16-6-5-7-17(14-16)28-2/h3-9,14,23H,10-13H2,1-2H3. The molecule has 0 saturated carbocycles. The van der Waals surface area contributed by atoms with E-state index in [9.17, 15) is 9.59 Å². The fourth-order valence-corrected chi connectivity index (χ4v) is 3.79. The first kappa shape index (κ1) is 18.1. The van der Waals surface area contributed by atoms with E-state index in [1.165, 1.54) is 0 Å². The lowest BCUT2D eigenvalue weighted by Crippen LogP contribution is -2.50. The molecule has 0 atom stereocenters. The summed E-state index contributed by atoms with van der Waals surface area (Å²) in [5.41, 5.74) is 3.15. The monoisotopic (exact) mass is 377 g/mol. The predicted octanol–water partition coefficient (Wildman–Crippen LogP) is 3.02. The third kappa shape index (κ3) is 3.22. The molecule has 3 aromatic rings. The van der Waals surface area contributed by atoms with E-state index in [0.29, 0.717) is 31.7 Å². The van der Waals surface area contributed by atoms with Gasteiger partial charge in [-0.25, -0.2) is 0 Å². The Hall–Kier alpha value is -3.28. The number of carbonyl (C=O) groups is 2. The summed E-state index contributed by atoms with van der Waals surface area (Å²) in [7, 11) is 1.65. The first-order valence-electron chi connectivity index (χ1n) is 9.38. The molecule has 6 nitrogen and oxygen atoms in total. The largest absolute Gasteiger partial charge is 0.497 e. The fraction of sp³-hybridized carbons (Fsp3) is 0.273. The van der Waals surface area contributed by atoms with Crippen molar-refractivity contribution in [2.24, 2.45) is 0 Å². The average molecular weight is 377 g/mol. The number of amides is 1. The molecule has 0 bridgehead atoms. The summed E-state index contributed by atoms with van der Waals surface area (Å²) < 4.78 is 5.29. The molecule has 1 aliphatic heterocycles. The van der Waals surface area contributed by atoms with E-state index in [1.54, 1.807) is 12.0 Å². The first-order chi connectivity index (χ1) is 13.6. The number of para-hydroxylation sites is 1. The Balaban J connectivity index is 1.47. The van der Waals surface area contributed by atoms with Gasteiger partial charge in [0, 0.05) is 54.5 Å². The average Bonchev–Trinajstić information content (AvgIpc) is 3.08. The summed E-state index contributed by atoms with van der Waals surface area (Å²) in [6, 6.07) is 15.4. The van der Waals surface area contributed by atoms with Crippen molar-refractivity contribution in [2.75, 3.05) is 38.2 Å². The minimum absolute atomic E-state index is 0.432.